The zero-order valence-electron chi connectivity index (χ0n) is 16.5. The molecule has 0 aromatic carbocycles. The Hall–Kier alpha value is -1.06. The lowest BCUT2D eigenvalue weighted by Gasteiger charge is -2.38. The van der Waals surface area contributed by atoms with E-state index in [2.05, 4.69) is 33.9 Å². The zero-order valence-corrected chi connectivity index (χ0v) is 16.5. The van der Waals surface area contributed by atoms with Crippen LogP contribution in [0.4, 0.5) is 18.0 Å². The van der Waals surface area contributed by atoms with Gasteiger partial charge < -0.3 is 19.9 Å². The average molecular weight is 394 g/mol. The number of rotatable bonds is 8. The van der Waals surface area contributed by atoms with Crippen molar-refractivity contribution in [2.75, 3.05) is 66.6 Å². The van der Waals surface area contributed by atoms with Crippen LogP contribution in [0, 0.1) is 0 Å². The molecule has 0 aromatic rings. The number of ether oxygens (including phenoxy) is 1. The van der Waals surface area contributed by atoms with E-state index in [0.717, 1.165) is 25.9 Å². The van der Waals surface area contributed by atoms with E-state index in [1.54, 1.807) is 0 Å². The molecule has 1 heterocycles. The topological polar surface area (TPSA) is 48.1 Å². The lowest BCUT2D eigenvalue weighted by atomic mass is 9.96. The van der Waals surface area contributed by atoms with Crippen LogP contribution in [0.1, 0.15) is 32.1 Å². The van der Waals surface area contributed by atoms with E-state index in [1.807, 2.05) is 4.90 Å². The molecule has 9 heteroatoms. The summed E-state index contributed by atoms with van der Waals surface area (Å²) < 4.78 is 40.6. The number of likely N-dealkylation sites (N-methyl/N-ethyl adjacent to an activating group) is 1. The number of hydrogen-bond donors (Lipinski definition) is 1. The van der Waals surface area contributed by atoms with Gasteiger partial charge in [0, 0.05) is 51.4 Å². The number of amides is 2. The maximum Gasteiger partial charge on any atom is 0.411 e. The van der Waals surface area contributed by atoms with Gasteiger partial charge in [-0.1, -0.05) is 12.8 Å². The molecule has 1 N–H and O–H groups in total. The van der Waals surface area contributed by atoms with Crippen molar-refractivity contribution in [3.8, 4) is 0 Å². The Labute approximate surface area is 160 Å². The fourth-order valence-electron chi connectivity index (χ4n) is 3.92. The minimum atomic E-state index is -4.26. The average Bonchev–Trinajstić information content (AvgIpc) is 3.09. The number of nitrogens with zero attached hydrogens (tertiary/aromatic N) is 3. The van der Waals surface area contributed by atoms with Crippen molar-refractivity contribution in [2.45, 2.75) is 43.8 Å². The van der Waals surface area contributed by atoms with Gasteiger partial charge in [-0.15, -0.1) is 0 Å². The van der Waals surface area contributed by atoms with E-state index in [4.69, 9.17) is 0 Å². The van der Waals surface area contributed by atoms with Gasteiger partial charge in [0.05, 0.1) is 0 Å². The Morgan fingerprint density at radius 1 is 1.15 bits per heavy atom. The summed E-state index contributed by atoms with van der Waals surface area (Å²) in [4.78, 5) is 18.7. The fourth-order valence-corrected chi connectivity index (χ4v) is 3.92. The van der Waals surface area contributed by atoms with Gasteiger partial charge >= 0.3 is 12.2 Å². The highest BCUT2D eigenvalue weighted by atomic mass is 19.4. The van der Waals surface area contributed by atoms with Crippen LogP contribution in [0.25, 0.3) is 0 Å². The summed E-state index contributed by atoms with van der Waals surface area (Å²) >= 11 is 0. The number of carbonyl (C=O) groups is 1. The molecule has 0 spiro atoms. The van der Waals surface area contributed by atoms with Crippen molar-refractivity contribution in [3.63, 3.8) is 0 Å². The predicted molar refractivity (Wildman–Crippen MR) is 97.8 cm³/mol. The number of carbonyl (C=O) groups excluding carboxylic acids is 1. The van der Waals surface area contributed by atoms with Crippen molar-refractivity contribution in [3.05, 3.63) is 0 Å². The van der Waals surface area contributed by atoms with Crippen molar-refractivity contribution < 1.29 is 22.7 Å². The number of nitrogens with one attached hydrogen (secondary N) is 1. The monoisotopic (exact) mass is 394 g/mol. The summed E-state index contributed by atoms with van der Waals surface area (Å²) in [5.74, 6) is 0. The first-order valence-corrected chi connectivity index (χ1v) is 9.79. The molecule has 158 valence electrons. The van der Waals surface area contributed by atoms with E-state index in [9.17, 15) is 18.0 Å². The minimum Gasteiger partial charge on any atom is -0.372 e. The summed E-state index contributed by atoms with van der Waals surface area (Å²) in [7, 11) is 4.16. The van der Waals surface area contributed by atoms with Crippen LogP contribution in [0.15, 0.2) is 0 Å². The van der Waals surface area contributed by atoms with E-state index in [1.165, 1.54) is 12.8 Å². The van der Waals surface area contributed by atoms with Crippen LogP contribution < -0.4 is 5.32 Å². The van der Waals surface area contributed by atoms with Gasteiger partial charge in [0.15, 0.2) is 0 Å². The first-order valence-electron chi connectivity index (χ1n) is 9.79. The van der Waals surface area contributed by atoms with E-state index in [-0.39, 0.29) is 18.2 Å². The van der Waals surface area contributed by atoms with Crippen LogP contribution in [0.5, 0.6) is 0 Å². The minimum absolute atomic E-state index is 0.0173. The Morgan fingerprint density at radius 2 is 1.78 bits per heavy atom. The Morgan fingerprint density at radius 3 is 2.33 bits per heavy atom. The summed E-state index contributed by atoms with van der Waals surface area (Å²) in [6.45, 7) is 3.06. The molecule has 2 aliphatic rings. The number of alkyl halides is 3. The largest absolute Gasteiger partial charge is 0.411 e. The number of piperazine rings is 1. The molecule has 1 aliphatic heterocycles. The maximum atomic E-state index is 12.5. The summed E-state index contributed by atoms with van der Waals surface area (Å²) in [6, 6.07) is -0.0173. The van der Waals surface area contributed by atoms with Crippen LogP contribution in [-0.4, -0.2) is 99.0 Å². The molecule has 0 radical (unpaired) electrons. The number of hydrogen-bond acceptors (Lipinski definition) is 4. The first kappa shape index (κ1) is 22.2. The van der Waals surface area contributed by atoms with E-state index < -0.39 is 12.8 Å². The van der Waals surface area contributed by atoms with E-state index in [0.29, 0.717) is 32.6 Å². The molecular weight excluding hydrogens is 361 g/mol. The van der Waals surface area contributed by atoms with Crippen LogP contribution >= 0.6 is 0 Å². The summed E-state index contributed by atoms with van der Waals surface area (Å²) in [5.41, 5.74) is 0.0773. The quantitative estimate of drug-likeness (QED) is 0.641. The van der Waals surface area contributed by atoms with Gasteiger partial charge in [0.25, 0.3) is 0 Å². The molecule has 0 unspecified atom stereocenters. The third-order valence-corrected chi connectivity index (χ3v) is 5.74. The molecule has 2 rings (SSSR count). The molecule has 1 aliphatic carbocycles. The Bertz CT molecular complexity index is 460. The Kier molecular flexibility index (Phi) is 8.18. The third kappa shape index (κ3) is 7.12. The van der Waals surface area contributed by atoms with Gasteiger partial charge in [0.2, 0.25) is 0 Å². The smallest absolute Gasteiger partial charge is 0.372 e. The zero-order chi connectivity index (χ0) is 19.9. The molecule has 2 fully saturated rings. The first-order chi connectivity index (χ1) is 12.7. The maximum absolute atomic E-state index is 12.5. The lowest BCUT2D eigenvalue weighted by Crippen LogP contribution is -2.56. The second-order valence-electron chi connectivity index (χ2n) is 7.83. The molecule has 1 saturated heterocycles. The van der Waals surface area contributed by atoms with Crippen molar-refractivity contribution >= 4 is 6.03 Å². The second kappa shape index (κ2) is 9.93. The van der Waals surface area contributed by atoms with Gasteiger partial charge in [-0.25, -0.2) is 4.79 Å². The summed E-state index contributed by atoms with van der Waals surface area (Å²) in [5, 5.41) is 3.11. The molecule has 1 saturated carbocycles. The molecule has 0 bridgehead atoms. The van der Waals surface area contributed by atoms with Gasteiger partial charge in [0.1, 0.15) is 6.61 Å². The molecule has 27 heavy (non-hydrogen) atoms. The number of halogens is 3. The molecular formula is C18H33F3N4O2. The molecule has 2 amide bonds. The molecule has 6 nitrogen and oxygen atoms in total. The Balaban J connectivity index is 1.61. The lowest BCUT2D eigenvalue weighted by molar-refractivity contribution is -0.174. The van der Waals surface area contributed by atoms with Crippen molar-refractivity contribution in [1.82, 2.24) is 20.0 Å². The normalized spacial score (nSPS) is 21.0. The highest BCUT2D eigenvalue weighted by Gasteiger charge is 2.36. The second-order valence-corrected chi connectivity index (χ2v) is 7.83. The van der Waals surface area contributed by atoms with E-state index >= 15 is 0 Å². The van der Waals surface area contributed by atoms with Gasteiger partial charge in [-0.05, 0) is 33.4 Å². The third-order valence-electron chi connectivity index (χ3n) is 5.74. The van der Waals surface area contributed by atoms with Crippen molar-refractivity contribution in [1.29, 1.82) is 0 Å². The highest BCUT2D eigenvalue weighted by molar-refractivity contribution is 5.74. The van der Waals surface area contributed by atoms with Crippen LogP contribution in [0.2, 0.25) is 0 Å². The van der Waals surface area contributed by atoms with Crippen LogP contribution in [-0.2, 0) is 4.74 Å². The van der Waals surface area contributed by atoms with Gasteiger partial charge in [-0.3, -0.25) is 4.90 Å². The predicted octanol–water partition coefficient (Wildman–Crippen LogP) is 2.16. The standard InChI is InChI=1S/C18H33F3N4O2/c1-23(2)17(6-3-4-7-17)14-22-16(26)25-11-9-24(10-12-25)8-5-13-27-15-18(19,20)21/h3-15H2,1-2H3,(H,22,26). The molecule has 0 atom stereocenters. The van der Waals surface area contributed by atoms with Crippen LogP contribution in [0.3, 0.4) is 0 Å². The number of urea groups is 1. The van der Waals surface area contributed by atoms with Crippen molar-refractivity contribution in [2.24, 2.45) is 0 Å². The molecule has 0 aromatic heterocycles. The summed E-state index contributed by atoms with van der Waals surface area (Å²) in [6.07, 6.45) is 0.948. The highest BCUT2D eigenvalue weighted by Crippen LogP contribution is 2.33. The SMILES string of the molecule is CN(C)C1(CNC(=O)N2CCN(CCCOCC(F)(F)F)CC2)CCCC1. The fraction of sp³-hybridized carbons (Fsp3) is 0.944. The van der Waals surface area contributed by atoms with Gasteiger partial charge in [-0.2, -0.15) is 13.2 Å².